The maximum absolute atomic E-state index is 13.0. The lowest BCUT2D eigenvalue weighted by Crippen LogP contribution is -2.50. The third-order valence-corrected chi connectivity index (χ3v) is 3.59. The van der Waals surface area contributed by atoms with E-state index in [4.69, 9.17) is 9.47 Å². The van der Waals surface area contributed by atoms with Gasteiger partial charge in [-0.05, 0) is 45.7 Å². The molecule has 1 unspecified atom stereocenters. The zero-order valence-electron chi connectivity index (χ0n) is 13.8. The van der Waals surface area contributed by atoms with Crippen molar-refractivity contribution < 1.29 is 23.4 Å². The fourth-order valence-corrected chi connectivity index (χ4v) is 2.45. The monoisotopic (exact) mass is 329 g/mol. The normalized spacial score (nSPS) is 22.5. The molecule has 0 bridgehead atoms. The van der Waals surface area contributed by atoms with Crippen LogP contribution in [0, 0.1) is 11.6 Å². The number of rotatable bonds is 7. The van der Waals surface area contributed by atoms with E-state index in [1.807, 2.05) is 20.8 Å². The lowest BCUT2D eigenvalue weighted by molar-refractivity contribution is -0.103. The summed E-state index contributed by atoms with van der Waals surface area (Å²) < 4.78 is 36.9. The van der Waals surface area contributed by atoms with Gasteiger partial charge in [0.25, 0.3) is 0 Å². The van der Waals surface area contributed by atoms with E-state index in [0.717, 1.165) is 25.0 Å². The number of hydrogen-bond acceptors (Lipinski definition) is 4. The smallest absolute Gasteiger partial charge is 0.162 e. The Bertz CT molecular complexity index is 513. The van der Waals surface area contributed by atoms with E-state index >= 15 is 0 Å². The van der Waals surface area contributed by atoms with Gasteiger partial charge < -0.3 is 19.9 Å². The Kier molecular flexibility index (Phi) is 5.95. The highest BCUT2D eigenvalue weighted by Crippen LogP contribution is 2.27. The first-order valence-electron chi connectivity index (χ1n) is 7.90. The standard InChI is InChI=1S/C17H25F2NO3/c1-17(2,3)23-14-6-11(7-14)20-9-12(21)10-22-13-4-5-15(18)16(19)8-13/h4-5,8,11-12,14,20-21H,6-7,9-10H2,1-3H3. The molecule has 1 aliphatic rings. The zero-order chi connectivity index (χ0) is 17.0. The van der Waals surface area contributed by atoms with Crippen molar-refractivity contribution in [1.29, 1.82) is 0 Å². The van der Waals surface area contributed by atoms with Crippen LogP contribution >= 0.6 is 0 Å². The lowest BCUT2D eigenvalue weighted by Gasteiger charge is -2.40. The van der Waals surface area contributed by atoms with Crippen LogP contribution in [-0.2, 0) is 4.74 Å². The van der Waals surface area contributed by atoms with Gasteiger partial charge in [0, 0.05) is 18.7 Å². The summed E-state index contributed by atoms with van der Waals surface area (Å²) in [6.45, 7) is 6.51. The SMILES string of the molecule is CC(C)(C)OC1CC(NCC(O)COc2ccc(F)c(F)c2)C1. The van der Waals surface area contributed by atoms with Crippen LogP contribution in [0.1, 0.15) is 33.6 Å². The van der Waals surface area contributed by atoms with Gasteiger partial charge in [-0.1, -0.05) is 0 Å². The summed E-state index contributed by atoms with van der Waals surface area (Å²) >= 11 is 0. The van der Waals surface area contributed by atoms with Gasteiger partial charge in [0.2, 0.25) is 0 Å². The third-order valence-electron chi connectivity index (χ3n) is 3.59. The van der Waals surface area contributed by atoms with E-state index in [1.165, 1.54) is 6.07 Å². The van der Waals surface area contributed by atoms with Crippen molar-refractivity contribution in [2.24, 2.45) is 0 Å². The second-order valence-electron chi connectivity index (χ2n) is 6.97. The number of nitrogens with one attached hydrogen (secondary N) is 1. The molecule has 0 amide bonds. The highest BCUT2D eigenvalue weighted by Gasteiger charge is 2.32. The Labute approximate surface area is 135 Å². The van der Waals surface area contributed by atoms with Crippen molar-refractivity contribution in [3.05, 3.63) is 29.8 Å². The highest BCUT2D eigenvalue weighted by molar-refractivity contribution is 5.23. The molecule has 2 N–H and O–H groups in total. The van der Waals surface area contributed by atoms with E-state index in [1.54, 1.807) is 0 Å². The van der Waals surface area contributed by atoms with Crippen LogP contribution in [0.25, 0.3) is 0 Å². The molecule has 130 valence electrons. The molecule has 0 heterocycles. The summed E-state index contributed by atoms with van der Waals surface area (Å²) in [4.78, 5) is 0. The number of ether oxygens (including phenoxy) is 2. The molecule has 1 aliphatic carbocycles. The quantitative estimate of drug-likeness (QED) is 0.807. The van der Waals surface area contributed by atoms with Crippen molar-refractivity contribution in [3.63, 3.8) is 0 Å². The van der Waals surface area contributed by atoms with Crippen molar-refractivity contribution in [2.75, 3.05) is 13.2 Å². The molecule has 1 aromatic rings. The van der Waals surface area contributed by atoms with Crippen LogP contribution in [-0.4, -0.2) is 42.1 Å². The Hall–Kier alpha value is -1.24. The molecule has 1 fully saturated rings. The lowest BCUT2D eigenvalue weighted by atomic mass is 9.88. The Morgan fingerprint density at radius 3 is 2.57 bits per heavy atom. The largest absolute Gasteiger partial charge is 0.491 e. The fraction of sp³-hybridized carbons (Fsp3) is 0.647. The number of aliphatic hydroxyl groups is 1. The number of aliphatic hydroxyl groups excluding tert-OH is 1. The molecule has 6 heteroatoms. The minimum absolute atomic E-state index is 0.0205. The van der Waals surface area contributed by atoms with Crippen LogP contribution in [0.4, 0.5) is 8.78 Å². The van der Waals surface area contributed by atoms with Crippen LogP contribution in [0.15, 0.2) is 18.2 Å². The molecule has 0 saturated heterocycles. The van der Waals surface area contributed by atoms with E-state index in [-0.39, 0.29) is 24.1 Å². The molecule has 0 aromatic heterocycles. The number of halogens is 2. The molecule has 23 heavy (non-hydrogen) atoms. The van der Waals surface area contributed by atoms with Gasteiger partial charge in [0.15, 0.2) is 11.6 Å². The van der Waals surface area contributed by atoms with Crippen LogP contribution in [0.2, 0.25) is 0 Å². The maximum Gasteiger partial charge on any atom is 0.162 e. The molecule has 1 saturated carbocycles. The van der Waals surface area contributed by atoms with Crippen molar-refractivity contribution >= 4 is 0 Å². The molecule has 1 aromatic carbocycles. The molecule has 4 nitrogen and oxygen atoms in total. The van der Waals surface area contributed by atoms with Crippen LogP contribution in [0.3, 0.4) is 0 Å². The molecule has 0 spiro atoms. The average Bonchev–Trinajstić information content (AvgIpc) is 2.41. The summed E-state index contributed by atoms with van der Waals surface area (Å²) in [7, 11) is 0. The van der Waals surface area contributed by atoms with E-state index in [9.17, 15) is 13.9 Å². The van der Waals surface area contributed by atoms with Crippen LogP contribution < -0.4 is 10.1 Å². The Balaban J connectivity index is 1.61. The summed E-state index contributed by atoms with van der Waals surface area (Å²) in [6.07, 6.45) is 1.40. The van der Waals surface area contributed by atoms with Gasteiger partial charge in [0.1, 0.15) is 18.5 Å². The topological polar surface area (TPSA) is 50.7 Å². The van der Waals surface area contributed by atoms with Gasteiger partial charge in [-0.3, -0.25) is 0 Å². The minimum atomic E-state index is -0.963. The molecule has 0 radical (unpaired) electrons. The van der Waals surface area contributed by atoms with Crippen molar-refractivity contribution in [2.45, 2.75) is 57.5 Å². The first-order chi connectivity index (χ1) is 10.7. The maximum atomic E-state index is 13.0. The first-order valence-corrected chi connectivity index (χ1v) is 7.90. The third kappa shape index (κ3) is 6.05. The van der Waals surface area contributed by atoms with Gasteiger partial charge in [-0.15, -0.1) is 0 Å². The fourth-order valence-electron chi connectivity index (χ4n) is 2.45. The van der Waals surface area contributed by atoms with Crippen molar-refractivity contribution in [1.82, 2.24) is 5.32 Å². The Morgan fingerprint density at radius 2 is 1.96 bits per heavy atom. The average molecular weight is 329 g/mol. The predicted octanol–water partition coefficient (Wildman–Crippen LogP) is 2.64. The molecular formula is C17H25F2NO3. The van der Waals surface area contributed by atoms with E-state index < -0.39 is 17.7 Å². The first kappa shape index (κ1) is 18.1. The molecular weight excluding hydrogens is 304 g/mol. The number of benzene rings is 1. The molecule has 0 aliphatic heterocycles. The molecule has 1 atom stereocenters. The highest BCUT2D eigenvalue weighted by atomic mass is 19.2. The predicted molar refractivity (Wildman–Crippen MR) is 83.5 cm³/mol. The summed E-state index contributed by atoms with van der Waals surface area (Å²) in [5.74, 6) is -1.68. The van der Waals surface area contributed by atoms with Crippen LogP contribution in [0.5, 0.6) is 5.75 Å². The van der Waals surface area contributed by atoms with E-state index in [0.29, 0.717) is 12.6 Å². The summed E-state index contributed by atoms with van der Waals surface area (Å²) in [5.41, 5.74) is -0.132. The second-order valence-corrected chi connectivity index (χ2v) is 6.97. The van der Waals surface area contributed by atoms with Gasteiger partial charge in [-0.2, -0.15) is 0 Å². The van der Waals surface area contributed by atoms with Gasteiger partial charge in [-0.25, -0.2) is 8.78 Å². The van der Waals surface area contributed by atoms with Gasteiger partial charge >= 0.3 is 0 Å². The minimum Gasteiger partial charge on any atom is -0.491 e. The van der Waals surface area contributed by atoms with Gasteiger partial charge in [0.05, 0.1) is 11.7 Å². The molecule has 2 rings (SSSR count). The Morgan fingerprint density at radius 1 is 1.26 bits per heavy atom. The second kappa shape index (κ2) is 7.55. The summed E-state index contributed by atoms with van der Waals surface area (Å²) in [6, 6.07) is 3.63. The number of hydrogen-bond donors (Lipinski definition) is 2. The van der Waals surface area contributed by atoms with Crippen molar-refractivity contribution in [3.8, 4) is 5.75 Å². The summed E-state index contributed by atoms with van der Waals surface area (Å²) in [5, 5.41) is 13.1. The zero-order valence-corrected chi connectivity index (χ0v) is 13.8. The van der Waals surface area contributed by atoms with E-state index in [2.05, 4.69) is 5.32 Å².